The van der Waals surface area contributed by atoms with E-state index in [1.54, 1.807) is 0 Å². The van der Waals surface area contributed by atoms with E-state index in [1.165, 1.54) is 42.6 Å². The summed E-state index contributed by atoms with van der Waals surface area (Å²) < 4.78 is 0. The number of aryl methyl sites for hydroxylation is 1. The summed E-state index contributed by atoms with van der Waals surface area (Å²) in [5.41, 5.74) is 4.47. The van der Waals surface area contributed by atoms with Crippen LogP contribution in [0.5, 0.6) is 0 Å². The van der Waals surface area contributed by atoms with Crippen LogP contribution in [0.25, 0.3) is 0 Å². The molecule has 82 valence electrons. The van der Waals surface area contributed by atoms with E-state index in [0.717, 1.165) is 0 Å². The minimum absolute atomic E-state index is 0.686. The van der Waals surface area contributed by atoms with Crippen molar-refractivity contribution >= 4 is 5.69 Å². The number of hydrogen-bond donors (Lipinski definition) is 0. The molecule has 0 aliphatic carbocycles. The molecule has 1 heterocycles. The Morgan fingerprint density at radius 3 is 2.93 bits per heavy atom. The number of anilines is 1. The van der Waals surface area contributed by atoms with Crippen molar-refractivity contribution in [3.8, 4) is 0 Å². The van der Waals surface area contributed by atoms with Gasteiger partial charge in [0.25, 0.3) is 0 Å². The van der Waals surface area contributed by atoms with Crippen LogP contribution in [0.2, 0.25) is 0 Å². The average Bonchev–Trinajstić information content (AvgIpc) is 2.28. The topological polar surface area (TPSA) is 3.24 Å². The van der Waals surface area contributed by atoms with Crippen molar-refractivity contribution in [2.75, 3.05) is 18.5 Å². The summed E-state index contributed by atoms with van der Waals surface area (Å²) in [6, 6.07) is 7.03. The van der Waals surface area contributed by atoms with E-state index in [2.05, 4.69) is 44.0 Å². The standard InChI is InChI=1S/C14H21N/c1-4-11(2)13-8-7-12-6-5-9-15(3)14(12)10-13/h7-8,10-11H,4-6,9H2,1-3H3. The summed E-state index contributed by atoms with van der Waals surface area (Å²) in [5, 5.41) is 0. The van der Waals surface area contributed by atoms with Gasteiger partial charge in [-0.3, -0.25) is 0 Å². The molecule has 1 atom stereocenters. The van der Waals surface area contributed by atoms with Crippen molar-refractivity contribution in [1.29, 1.82) is 0 Å². The van der Waals surface area contributed by atoms with Crippen molar-refractivity contribution in [2.24, 2.45) is 0 Å². The first-order valence-electron chi connectivity index (χ1n) is 6.06. The molecule has 0 fully saturated rings. The van der Waals surface area contributed by atoms with Crippen molar-refractivity contribution < 1.29 is 0 Å². The van der Waals surface area contributed by atoms with Crippen LogP contribution in [0.1, 0.15) is 43.7 Å². The normalized spacial score (nSPS) is 17.4. The van der Waals surface area contributed by atoms with Gasteiger partial charge in [-0.1, -0.05) is 26.0 Å². The van der Waals surface area contributed by atoms with Gasteiger partial charge in [0.05, 0.1) is 0 Å². The molecule has 0 N–H and O–H groups in total. The first kappa shape index (κ1) is 10.5. The number of rotatable bonds is 2. The minimum atomic E-state index is 0.686. The number of nitrogens with zero attached hydrogens (tertiary/aromatic N) is 1. The van der Waals surface area contributed by atoms with E-state index in [4.69, 9.17) is 0 Å². The second kappa shape index (κ2) is 4.26. The quantitative estimate of drug-likeness (QED) is 0.710. The lowest BCUT2D eigenvalue weighted by Gasteiger charge is -2.28. The van der Waals surface area contributed by atoms with Crippen LogP contribution < -0.4 is 4.90 Å². The molecule has 2 rings (SSSR count). The molecular formula is C14H21N. The summed E-state index contributed by atoms with van der Waals surface area (Å²) in [6.45, 7) is 5.77. The van der Waals surface area contributed by atoms with E-state index in [9.17, 15) is 0 Å². The Kier molecular flexibility index (Phi) is 2.99. The summed E-state index contributed by atoms with van der Waals surface area (Å²) in [5.74, 6) is 0.686. The summed E-state index contributed by atoms with van der Waals surface area (Å²) in [6.07, 6.45) is 3.77. The highest BCUT2D eigenvalue weighted by Crippen LogP contribution is 2.30. The fourth-order valence-electron chi connectivity index (χ4n) is 2.32. The Labute approximate surface area is 93.1 Å². The highest BCUT2D eigenvalue weighted by Gasteiger charge is 2.14. The van der Waals surface area contributed by atoms with Gasteiger partial charge in [0.2, 0.25) is 0 Å². The Morgan fingerprint density at radius 1 is 1.40 bits per heavy atom. The summed E-state index contributed by atoms with van der Waals surface area (Å²) in [7, 11) is 2.21. The van der Waals surface area contributed by atoms with Crippen molar-refractivity contribution in [1.82, 2.24) is 0 Å². The van der Waals surface area contributed by atoms with Crippen LogP contribution in [0.3, 0.4) is 0 Å². The summed E-state index contributed by atoms with van der Waals surface area (Å²) >= 11 is 0. The monoisotopic (exact) mass is 203 g/mol. The van der Waals surface area contributed by atoms with Gasteiger partial charge in [-0.15, -0.1) is 0 Å². The highest BCUT2D eigenvalue weighted by atomic mass is 15.1. The summed E-state index contributed by atoms with van der Waals surface area (Å²) in [4.78, 5) is 2.39. The van der Waals surface area contributed by atoms with E-state index in [-0.39, 0.29) is 0 Å². The van der Waals surface area contributed by atoms with Crippen LogP contribution in [0.15, 0.2) is 18.2 Å². The number of hydrogen-bond acceptors (Lipinski definition) is 1. The van der Waals surface area contributed by atoms with Crippen molar-refractivity contribution in [3.05, 3.63) is 29.3 Å². The third kappa shape index (κ3) is 2.01. The maximum Gasteiger partial charge on any atom is 0.0399 e. The molecule has 1 aromatic rings. The molecule has 0 saturated heterocycles. The molecule has 1 aliphatic heterocycles. The zero-order valence-electron chi connectivity index (χ0n) is 10.1. The van der Waals surface area contributed by atoms with Gasteiger partial charge in [-0.25, -0.2) is 0 Å². The predicted octanol–water partition coefficient (Wildman–Crippen LogP) is 3.58. The largest absolute Gasteiger partial charge is 0.374 e. The molecule has 0 bridgehead atoms. The molecule has 1 aromatic carbocycles. The van der Waals surface area contributed by atoms with Gasteiger partial charge in [-0.05, 0) is 42.4 Å². The Hall–Kier alpha value is -0.980. The number of benzene rings is 1. The third-order valence-electron chi connectivity index (χ3n) is 3.64. The molecule has 0 spiro atoms. The Bertz CT molecular complexity index is 343. The lowest BCUT2D eigenvalue weighted by Crippen LogP contribution is -2.24. The van der Waals surface area contributed by atoms with E-state index < -0.39 is 0 Å². The maximum atomic E-state index is 2.39. The van der Waals surface area contributed by atoms with Gasteiger partial charge in [-0.2, -0.15) is 0 Å². The van der Waals surface area contributed by atoms with Gasteiger partial charge >= 0.3 is 0 Å². The van der Waals surface area contributed by atoms with Gasteiger partial charge in [0.15, 0.2) is 0 Å². The second-order valence-electron chi connectivity index (χ2n) is 4.72. The lowest BCUT2D eigenvalue weighted by atomic mass is 9.93. The average molecular weight is 203 g/mol. The fourth-order valence-corrected chi connectivity index (χ4v) is 2.32. The van der Waals surface area contributed by atoms with Crippen LogP contribution in [-0.4, -0.2) is 13.6 Å². The lowest BCUT2D eigenvalue weighted by molar-refractivity contribution is 0.718. The molecule has 0 amide bonds. The fraction of sp³-hybridized carbons (Fsp3) is 0.571. The molecule has 0 radical (unpaired) electrons. The molecule has 0 aromatic heterocycles. The van der Waals surface area contributed by atoms with Crippen LogP contribution in [0, 0.1) is 0 Å². The van der Waals surface area contributed by atoms with E-state index in [1.807, 2.05) is 0 Å². The zero-order chi connectivity index (χ0) is 10.8. The Balaban J connectivity index is 2.35. The molecule has 1 unspecified atom stereocenters. The molecule has 0 saturated carbocycles. The first-order valence-corrected chi connectivity index (χ1v) is 6.06. The predicted molar refractivity (Wildman–Crippen MR) is 66.7 cm³/mol. The molecule has 1 aliphatic rings. The Morgan fingerprint density at radius 2 is 2.20 bits per heavy atom. The van der Waals surface area contributed by atoms with Gasteiger partial charge < -0.3 is 4.90 Å². The van der Waals surface area contributed by atoms with Crippen LogP contribution >= 0.6 is 0 Å². The highest BCUT2D eigenvalue weighted by molar-refractivity contribution is 5.57. The van der Waals surface area contributed by atoms with Crippen molar-refractivity contribution in [3.63, 3.8) is 0 Å². The maximum absolute atomic E-state index is 2.39. The van der Waals surface area contributed by atoms with Crippen LogP contribution in [-0.2, 0) is 6.42 Å². The molecule has 15 heavy (non-hydrogen) atoms. The van der Waals surface area contributed by atoms with E-state index in [0.29, 0.717) is 5.92 Å². The SMILES string of the molecule is CCC(C)c1ccc2c(c1)N(C)CCC2. The molecule has 1 nitrogen and oxygen atoms in total. The van der Waals surface area contributed by atoms with Gasteiger partial charge in [0, 0.05) is 19.3 Å². The van der Waals surface area contributed by atoms with Gasteiger partial charge in [0.1, 0.15) is 0 Å². The van der Waals surface area contributed by atoms with Crippen LogP contribution in [0.4, 0.5) is 5.69 Å². The third-order valence-corrected chi connectivity index (χ3v) is 3.64. The molecule has 1 heteroatoms. The van der Waals surface area contributed by atoms with E-state index >= 15 is 0 Å². The first-order chi connectivity index (χ1) is 7.22. The zero-order valence-corrected chi connectivity index (χ0v) is 10.1. The second-order valence-corrected chi connectivity index (χ2v) is 4.72. The van der Waals surface area contributed by atoms with Crippen molar-refractivity contribution in [2.45, 2.75) is 39.0 Å². The number of fused-ring (bicyclic) bond motifs is 1. The smallest absolute Gasteiger partial charge is 0.0399 e. The molecular weight excluding hydrogens is 182 g/mol. The minimum Gasteiger partial charge on any atom is -0.374 e.